The quantitative estimate of drug-likeness (QED) is 0.616. The molecule has 1 aromatic heterocycles. The number of aliphatic hydroxyl groups excluding tert-OH is 1. The molecule has 3 heterocycles. The number of hydrogen-bond acceptors (Lipinski definition) is 5. The molecule has 0 unspecified atom stereocenters. The Morgan fingerprint density at radius 3 is 2.88 bits per heavy atom. The van der Waals surface area contributed by atoms with Crippen LogP contribution in [0.2, 0.25) is 0 Å². The van der Waals surface area contributed by atoms with E-state index in [1.54, 1.807) is 0 Å². The third-order valence-corrected chi connectivity index (χ3v) is 2.96. The molecule has 0 aromatic carbocycles. The Morgan fingerprint density at radius 2 is 2.29 bits per heavy atom. The number of fused-ring (bicyclic) bond motifs is 2. The van der Waals surface area contributed by atoms with E-state index in [1.807, 2.05) is 4.98 Å². The van der Waals surface area contributed by atoms with Gasteiger partial charge in [0.25, 0.3) is 5.56 Å². The van der Waals surface area contributed by atoms with Gasteiger partial charge in [0, 0.05) is 0 Å². The van der Waals surface area contributed by atoms with E-state index in [-0.39, 0.29) is 6.61 Å². The Morgan fingerprint density at radius 1 is 1.53 bits per heavy atom. The van der Waals surface area contributed by atoms with E-state index >= 15 is 0 Å². The molecule has 2 bridgehead atoms. The highest BCUT2D eigenvalue weighted by atomic mass is 19.1. The predicted octanol–water partition coefficient (Wildman–Crippen LogP) is -1.67. The molecule has 0 aliphatic carbocycles. The zero-order chi connectivity index (χ0) is 12.2. The molecular formula is C9H9FN2O5. The molecule has 0 spiro atoms. The number of aromatic amines is 1. The van der Waals surface area contributed by atoms with E-state index in [2.05, 4.69) is 0 Å². The Labute approximate surface area is 93.4 Å². The molecule has 2 aliphatic heterocycles. The predicted molar refractivity (Wildman–Crippen MR) is 50.9 cm³/mol. The van der Waals surface area contributed by atoms with Crippen molar-refractivity contribution in [3.05, 3.63) is 32.9 Å². The number of nitrogens with one attached hydrogen (secondary N) is 1. The van der Waals surface area contributed by atoms with E-state index in [1.165, 1.54) is 0 Å². The highest BCUT2D eigenvalue weighted by Crippen LogP contribution is 2.36. The molecule has 2 saturated heterocycles. The second kappa shape index (κ2) is 3.49. The molecule has 0 amide bonds. The van der Waals surface area contributed by atoms with E-state index < -0.39 is 41.6 Å². The Bertz CT molecular complexity index is 567. The van der Waals surface area contributed by atoms with Crippen molar-refractivity contribution in [2.24, 2.45) is 0 Å². The average Bonchev–Trinajstić information content (AvgIpc) is 2.79. The number of H-pyrrole nitrogens is 1. The summed E-state index contributed by atoms with van der Waals surface area (Å²) in [5, 5.41) is 9.64. The fourth-order valence-corrected chi connectivity index (χ4v) is 2.12. The van der Waals surface area contributed by atoms with Crippen molar-refractivity contribution in [1.29, 1.82) is 0 Å². The van der Waals surface area contributed by atoms with Crippen molar-refractivity contribution in [3.63, 3.8) is 0 Å². The van der Waals surface area contributed by atoms with E-state index in [0.29, 0.717) is 0 Å². The molecular weight excluding hydrogens is 235 g/mol. The average molecular weight is 244 g/mol. The van der Waals surface area contributed by atoms with E-state index in [9.17, 15) is 19.1 Å². The second-order valence-electron chi connectivity index (χ2n) is 4.00. The first-order chi connectivity index (χ1) is 8.08. The minimum absolute atomic E-state index is 0.239. The highest BCUT2D eigenvalue weighted by Gasteiger charge is 2.51. The summed E-state index contributed by atoms with van der Waals surface area (Å²) in [6.07, 6.45) is -2.25. The number of hydrogen-bond donors (Lipinski definition) is 2. The molecule has 1 aromatic rings. The van der Waals surface area contributed by atoms with Crippen LogP contribution in [-0.4, -0.2) is 39.6 Å². The first-order valence-electron chi connectivity index (χ1n) is 5.04. The lowest BCUT2D eigenvalue weighted by atomic mass is 10.2. The van der Waals surface area contributed by atoms with Crippen LogP contribution in [0.4, 0.5) is 4.39 Å². The van der Waals surface area contributed by atoms with Gasteiger partial charge in [0.1, 0.15) is 18.3 Å². The van der Waals surface area contributed by atoms with Crippen LogP contribution in [0, 0.1) is 5.82 Å². The minimum Gasteiger partial charge on any atom is -0.387 e. The summed E-state index contributed by atoms with van der Waals surface area (Å²) >= 11 is 0. The van der Waals surface area contributed by atoms with Crippen LogP contribution in [0.25, 0.3) is 0 Å². The van der Waals surface area contributed by atoms with Gasteiger partial charge < -0.3 is 14.6 Å². The summed E-state index contributed by atoms with van der Waals surface area (Å²) in [4.78, 5) is 24.2. The summed E-state index contributed by atoms with van der Waals surface area (Å²) in [5.41, 5.74) is -1.89. The Balaban J connectivity index is 2.04. The smallest absolute Gasteiger partial charge is 0.330 e. The number of aromatic nitrogens is 2. The minimum atomic E-state index is -1.09. The van der Waals surface area contributed by atoms with Crippen molar-refractivity contribution >= 4 is 0 Å². The molecule has 3 rings (SSSR count). The van der Waals surface area contributed by atoms with Crippen molar-refractivity contribution < 1.29 is 19.0 Å². The van der Waals surface area contributed by atoms with E-state index in [4.69, 9.17) is 9.47 Å². The fraction of sp³-hybridized carbons (Fsp3) is 0.556. The van der Waals surface area contributed by atoms with Crippen molar-refractivity contribution in [1.82, 2.24) is 9.55 Å². The second-order valence-corrected chi connectivity index (χ2v) is 4.00. The van der Waals surface area contributed by atoms with Crippen LogP contribution >= 0.6 is 0 Å². The van der Waals surface area contributed by atoms with Gasteiger partial charge in [-0.3, -0.25) is 14.3 Å². The SMILES string of the molecule is O=c1[nH]c(=O)n([C@H]2O[C@H]3CO[C@@H]2[C@@H]3O)cc1F. The Hall–Kier alpha value is -1.51. The van der Waals surface area contributed by atoms with Crippen LogP contribution < -0.4 is 11.2 Å². The number of rotatable bonds is 1. The maximum Gasteiger partial charge on any atom is 0.330 e. The molecule has 0 radical (unpaired) electrons. The number of halogens is 1. The summed E-state index contributed by atoms with van der Waals surface area (Å²) < 4.78 is 24.5. The van der Waals surface area contributed by atoms with Gasteiger partial charge in [0.05, 0.1) is 12.8 Å². The Kier molecular flexibility index (Phi) is 2.18. The van der Waals surface area contributed by atoms with Crippen LogP contribution in [-0.2, 0) is 9.47 Å². The molecule has 92 valence electrons. The van der Waals surface area contributed by atoms with Gasteiger partial charge in [-0.25, -0.2) is 4.79 Å². The molecule has 7 nitrogen and oxygen atoms in total. The highest BCUT2D eigenvalue weighted by molar-refractivity contribution is 4.98. The van der Waals surface area contributed by atoms with Crippen LogP contribution in [0.1, 0.15) is 6.23 Å². The monoisotopic (exact) mass is 244 g/mol. The molecule has 2 N–H and O–H groups in total. The molecule has 8 heteroatoms. The largest absolute Gasteiger partial charge is 0.387 e. The molecule has 2 aliphatic rings. The summed E-state index contributed by atoms with van der Waals surface area (Å²) in [5.74, 6) is -1.09. The number of nitrogens with zero attached hydrogens (tertiary/aromatic N) is 1. The summed E-state index contributed by atoms with van der Waals surface area (Å²) in [7, 11) is 0. The van der Waals surface area contributed by atoms with Gasteiger partial charge in [-0.05, 0) is 0 Å². The maximum atomic E-state index is 13.1. The van der Waals surface area contributed by atoms with E-state index in [0.717, 1.165) is 10.8 Å². The third-order valence-electron chi connectivity index (χ3n) is 2.96. The topological polar surface area (TPSA) is 93.6 Å². The summed E-state index contributed by atoms with van der Waals surface area (Å²) in [6.45, 7) is 0.239. The zero-order valence-electron chi connectivity index (χ0n) is 8.50. The van der Waals surface area contributed by atoms with Crippen molar-refractivity contribution in [3.8, 4) is 0 Å². The fourth-order valence-electron chi connectivity index (χ4n) is 2.12. The van der Waals surface area contributed by atoms with Gasteiger partial charge in [0.15, 0.2) is 6.23 Å². The normalized spacial score (nSPS) is 35.4. The van der Waals surface area contributed by atoms with Gasteiger partial charge in [-0.15, -0.1) is 0 Å². The lowest BCUT2D eigenvalue weighted by molar-refractivity contribution is -0.128. The lowest BCUT2D eigenvalue weighted by Crippen LogP contribution is -2.39. The third kappa shape index (κ3) is 1.45. The molecule has 17 heavy (non-hydrogen) atoms. The first-order valence-corrected chi connectivity index (χ1v) is 5.04. The van der Waals surface area contributed by atoms with Crippen LogP contribution in [0.15, 0.2) is 15.8 Å². The van der Waals surface area contributed by atoms with Gasteiger partial charge in [0.2, 0.25) is 5.82 Å². The van der Waals surface area contributed by atoms with Crippen molar-refractivity contribution in [2.75, 3.05) is 6.61 Å². The van der Waals surface area contributed by atoms with Crippen LogP contribution in [0.5, 0.6) is 0 Å². The summed E-state index contributed by atoms with van der Waals surface area (Å²) in [6, 6.07) is 0. The molecule has 0 saturated carbocycles. The van der Waals surface area contributed by atoms with Gasteiger partial charge in [-0.1, -0.05) is 0 Å². The number of aliphatic hydroxyl groups is 1. The molecule has 4 atom stereocenters. The maximum absolute atomic E-state index is 13.1. The van der Waals surface area contributed by atoms with Crippen LogP contribution in [0.3, 0.4) is 0 Å². The number of ether oxygens (including phenoxy) is 2. The lowest BCUT2D eigenvalue weighted by Gasteiger charge is -2.23. The van der Waals surface area contributed by atoms with Gasteiger partial charge in [-0.2, -0.15) is 4.39 Å². The van der Waals surface area contributed by atoms with Crippen molar-refractivity contribution in [2.45, 2.75) is 24.5 Å². The molecule has 2 fully saturated rings. The van der Waals surface area contributed by atoms with Gasteiger partial charge >= 0.3 is 5.69 Å². The standard InChI is InChI=1S/C9H9FN2O5/c10-3-1-12(9(15)11-7(3)14)8-6-5(13)4(17-8)2-16-6/h1,4-6,8,13H,2H2,(H,11,14,15)/t4-,5+,6+,8-/m0/s1. The first kappa shape index (κ1) is 10.6. The zero-order valence-corrected chi connectivity index (χ0v) is 8.50.